The standard InChI is InChI=1S/C21H21N3O/c1-23-11-14-10-16(13-23)19-8-7-18(21(25)24(19)12-14)17-6-2-4-15-5-3-9-22-20(15)17/h2-9,14,16H,10-13H2,1H3. The summed E-state index contributed by atoms with van der Waals surface area (Å²) in [6.07, 6.45) is 3.00. The number of para-hydroxylation sites is 1. The third-order valence-electron chi connectivity index (χ3n) is 5.71. The minimum Gasteiger partial charge on any atom is -0.311 e. The zero-order valence-corrected chi connectivity index (χ0v) is 14.4. The lowest BCUT2D eigenvalue weighted by Crippen LogP contribution is -2.45. The quantitative estimate of drug-likeness (QED) is 0.688. The lowest BCUT2D eigenvalue weighted by Gasteiger charge is -2.41. The van der Waals surface area contributed by atoms with E-state index in [1.165, 1.54) is 12.1 Å². The average molecular weight is 331 g/mol. The van der Waals surface area contributed by atoms with Crippen LogP contribution in [0.25, 0.3) is 22.0 Å². The molecule has 3 aromatic rings. The highest BCUT2D eigenvalue weighted by atomic mass is 16.1. The Morgan fingerprint density at radius 1 is 1.00 bits per heavy atom. The van der Waals surface area contributed by atoms with E-state index in [2.05, 4.69) is 23.0 Å². The lowest BCUT2D eigenvalue weighted by molar-refractivity contribution is 0.145. The van der Waals surface area contributed by atoms with Gasteiger partial charge in [0, 0.05) is 54.0 Å². The number of benzene rings is 1. The summed E-state index contributed by atoms with van der Waals surface area (Å²) in [7, 11) is 2.18. The Morgan fingerprint density at radius 3 is 2.80 bits per heavy atom. The normalized spacial score (nSPS) is 22.8. The van der Waals surface area contributed by atoms with Crippen LogP contribution in [-0.2, 0) is 6.54 Å². The number of likely N-dealkylation sites (N-methyl/N-ethyl adjacent to an activating group) is 1. The molecule has 2 aliphatic rings. The van der Waals surface area contributed by atoms with E-state index in [1.54, 1.807) is 6.20 Å². The third-order valence-corrected chi connectivity index (χ3v) is 5.71. The van der Waals surface area contributed by atoms with E-state index in [-0.39, 0.29) is 5.56 Å². The number of rotatable bonds is 1. The lowest BCUT2D eigenvalue weighted by atomic mass is 9.83. The molecule has 4 heteroatoms. The molecule has 2 unspecified atom stereocenters. The van der Waals surface area contributed by atoms with Crippen LogP contribution in [0, 0.1) is 5.92 Å². The van der Waals surface area contributed by atoms with Gasteiger partial charge in [0.1, 0.15) is 0 Å². The van der Waals surface area contributed by atoms with E-state index < -0.39 is 0 Å². The van der Waals surface area contributed by atoms with Gasteiger partial charge in [0.05, 0.1) is 5.52 Å². The fourth-order valence-electron chi connectivity index (χ4n) is 4.71. The fourth-order valence-corrected chi connectivity index (χ4v) is 4.71. The predicted octanol–water partition coefficient (Wildman–Crippen LogP) is 3.11. The molecule has 2 bridgehead atoms. The second kappa shape index (κ2) is 5.53. The van der Waals surface area contributed by atoms with Gasteiger partial charge in [-0.05, 0) is 37.6 Å². The summed E-state index contributed by atoms with van der Waals surface area (Å²) in [4.78, 5) is 20.2. The summed E-state index contributed by atoms with van der Waals surface area (Å²) in [5.74, 6) is 1.06. The van der Waals surface area contributed by atoms with Crippen molar-refractivity contribution in [3.05, 3.63) is 64.7 Å². The van der Waals surface area contributed by atoms with Gasteiger partial charge in [0.25, 0.3) is 5.56 Å². The van der Waals surface area contributed by atoms with Crippen LogP contribution in [0.1, 0.15) is 18.0 Å². The van der Waals surface area contributed by atoms with E-state index in [0.717, 1.165) is 41.7 Å². The molecule has 0 amide bonds. The van der Waals surface area contributed by atoms with Gasteiger partial charge in [0.15, 0.2) is 0 Å². The predicted molar refractivity (Wildman–Crippen MR) is 99.8 cm³/mol. The molecule has 2 atom stereocenters. The number of pyridine rings is 2. The zero-order valence-electron chi connectivity index (χ0n) is 14.4. The van der Waals surface area contributed by atoms with E-state index in [9.17, 15) is 4.79 Å². The molecule has 0 spiro atoms. The van der Waals surface area contributed by atoms with Crippen LogP contribution in [0.3, 0.4) is 0 Å². The molecule has 0 saturated carbocycles. The summed E-state index contributed by atoms with van der Waals surface area (Å²) in [5, 5.41) is 1.07. The largest absolute Gasteiger partial charge is 0.311 e. The summed E-state index contributed by atoms with van der Waals surface area (Å²) < 4.78 is 2.03. The van der Waals surface area contributed by atoms with Crippen molar-refractivity contribution in [2.45, 2.75) is 18.9 Å². The average Bonchev–Trinajstić information content (AvgIpc) is 2.62. The summed E-state index contributed by atoms with van der Waals surface area (Å²) >= 11 is 0. The number of hydrogen-bond acceptors (Lipinski definition) is 3. The topological polar surface area (TPSA) is 38.1 Å². The van der Waals surface area contributed by atoms with Gasteiger partial charge in [-0.3, -0.25) is 9.78 Å². The highest BCUT2D eigenvalue weighted by molar-refractivity contribution is 5.93. The molecule has 2 aromatic heterocycles. The maximum absolute atomic E-state index is 13.3. The Balaban J connectivity index is 1.70. The third kappa shape index (κ3) is 2.32. The van der Waals surface area contributed by atoms with Crippen molar-refractivity contribution in [1.29, 1.82) is 0 Å². The molecule has 0 aliphatic carbocycles. The van der Waals surface area contributed by atoms with Crippen molar-refractivity contribution in [1.82, 2.24) is 14.5 Å². The van der Waals surface area contributed by atoms with E-state index >= 15 is 0 Å². The van der Waals surface area contributed by atoms with E-state index in [1.807, 2.05) is 41.0 Å². The first-order valence-corrected chi connectivity index (χ1v) is 8.97. The number of aromatic nitrogens is 2. The van der Waals surface area contributed by atoms with Crippen LogP contribution < -0.4 is 5.56 Å². The number of hydrogen-bond donors (Lipinski definition) is 0. The maximum atomic E-state index is 13.3. The molecular weight excluding hydrogens is 310 g/mol. The second-order valence-corrected chi connectivity index (χ2v) is 7.49. The first-order valence-electron chi connectivity index (χ1n) is 8.97. The fraction of sp³-hybridized carbons (Fsp3) is 0.333. The number of likely N-dealkylation sites (tertiary alicyclic amines) is 1. The Morgan fingerprint density at radius 2 is 1.88 bits per heavy atom. The molecule has 0 N–H and O–H groups in total. The van der Waals surface area contributed by atoms with E-state index in [0.29, 0.717) is 11.8 Å². The zero-order chi connectivity index (χ0) is 17.0. The Kier molecular flexibility index (Phi) is 3.28. The number of fused-ring (bicyclic) bond motifs is 5. The number of piperidine rings is 1. The summed E-state index contributed by atoms with van der Waals surface area (Å²) in [5.41, 5.74) is 3.94. The van der Waals surface area contributed by atoms with Gasteiger partial charge < -0.3 is 9.47 Å². The number of nitrogens with zero attached hydrogens (tertiary/aromatic N) is 3. The van der Waals surface area contributed by atoms with Crippen LogP contribution in [0.4, 0.5) is 0 Å². The monoisotopic (exact) mass is 331 g/mol. The van der Waals surface area contributed by atoms with Gasteiger partial charge in [-0.15, -0.1) is 0 Å². The van der Waals surface area contributed by atoms with Crippen LogP contribution in [-0.4, -0.2) is 34.6 Å². The molecule has 4 heterocycles. The summed E-state index contributed by atoms with van der Waals surface area (Å²) in [6, 6.07) is 14.2. The van der Waals surface area contributed by atoms with Crippen molar-refractivity contribution < 1.29 is 0 Å². The molecule has 2 aliphatic heterocycles. The first-order chi connectivity index (χ1) is 12.2. The Bertz CT molecular complexity index is 1020. The van der Waals surface area contributed by atoms with Crippen molar-refractivity contribution in [3.63, 3.8) is 0 Å². The van der Waals surface area contributed by atoms with Crippen molar-refractivity contribution in [2.75, 3.05) is 20.1 Å². The smallest absolute Gasteiger partial charge is 0.258 e. The van der Waals surface area contributed by atoms with Gasteiger partial charge in [0.2, 0.25) is 0 Å². The van der Waals surface area contributed by atoms with Gasteiger partial charge in [-0.1, -0.05) is 24.3 Å². The molecule has 1 saturated heterocycles. The molecule has 0 radical (unpaired) electrons. The molecular formula is C21H21N3O. The van der Waals surface area contributed by atoms with Crippen LogP contribution in [0.5, 0.6) is 0 Å². The molecule has 1 fully saturated rings. The minimum atomic E-state index is 0.134. The molecule has 126 valence electrons. The second-order valence-electron chi connectivity index (χ2n) is 7.49. The SMILES string of the molecule is CN1CC2CC(C1)c1ccc(-c3cccc4cccnc34)c(=O)n1C2. The van der Waals surface area contributed by atoms with Gasteiger partial charge >= 0.3 is 0 Å². The molecule has 25 heavy (non-hydrogen) atoms. The highest BCUT2D eigenvalue weighted by Crippen LogP contribution is 2.35. The van der Waals surface area contributed by atoms with Crippen molar-refractivity contribution in [2.24, 2.45) is 5.92 Å². The maximum Gasteiger partial charge on any atom is 0.258 e. The molecule has 1 aromatic carbocycles. The van der Waals surface area contributed by atoms with Crippen LogP contribution in [0.2, 0.25) is 0 Å². The van der Waals surface area contributed by atoms with Crippen molar-refractivity contribution >= 4 is 10.9 Å². The minimum absolute atomic E-state index is 0.134. The Labute approximate surface area is 146 Å². The van der Waals surface area contributed by atoms with E-state index in [4.69, 9.17) is 0 Å². The first kappa shape index (κ1) is 14.8. The van der Waals surface area contributed by atoms with Crippen LogP contribution >= 0.6 is 0 Å². The molecule has 4 nitrogen and oxygen atoms in total. The molecule has 5 rings (SSSR count). The van der Waals surface area contributed by atoms with Crippen molar-refractivity contribution in [3.8, 4) is 11.1 Å². The van der Waals surface area contributed by atoms with Gasteiger partial charge in [-0.2, -0.15) is 0 Å². The highest BCUT2D eigenvalue weighted by Gasteiger charge is 2.33. The summed E-state index contributed by atoms with van der Waals surface area (Å²) in [6.45, 7) is 2.97. The van der Waals surface area contributed by atoms with Gasteiger partial charge in [-0.25, -0.2) is 0 Å². The van der Waals surface area contributed by atoms with Crippen LogP contribution in [0.15, 0.2) is 53.5 Å². The Hall–Kier alpha value is -2.46.